The van der Waals surface area contributed by atoms with E-state index in [9.17, 15) is 4.79 Å². The van der Waals surface area contributed by atoms with E-state index in [-0.39, 0.29) is 36.1 Å². The number of rotatable bonds is 6. The highest BCUT2D eigenvalue weighted by Gasteiger charge is 2.41. The van der Waals surface area contributed by atoms with Gasteiger partial charge >= 0.3 is 6.09 Å². The molecule has 0 spiro atoms. The van der Waals surface area contributed by atoms with E-state index in [4.69, 9.17) is 9.47 Å². The van der Waals surface area contributed by atoms with Gasteiger partial charge in [-0.3, -0.25) is 4.99 Å². The fourth-order valence-electron chi connectivity index (χ4n) is 3.52. The minimum atomic E-state index is -0.337. The molecule has 0 radical (unpaired) electrons. The second-order valence-electron chi connectivity index (χ2n) is 6.62. The van der Waals surface area contributed by atoms with Gasteiger partial charge in [0.25, 0.3) is 0 Å². The topological polar surface area (TPSA) is 84.0 Å². The van der Waals surface area contributed by atoms with E-state index < -0.39 is 0 Å². The molecule has 3 fully saturated rings. The van der Waals surface area contributed by atoms with E-state index in [1.807, 2.05) is 6.92 Å². The van der Waals surface area contributed by atoms with Crippen LogP contribution in [0.3, 0.4) is 0 Å². The number of guanidine groups is 1. The minimum absolute atomic E-state index is 0. The molecule has 3 rings (SSSR count). The summed E-state index contributed by atoms with van der Waals surface area (Å²) in [5.41, 5.74) is 0. The predicted octanol–water partition coefficient (Wildman–Crippen LogP) is 1.61. The first kappa shape index (κ1) is 19.6. The van der Waals surface area contributed by atoms with Crippen molar-refractivity contribution < 1.29 is 14.3 Å². The smallest absolute Gasteiger partial charge is 0.407 e. The number of fused-ring (bicyclic) bond motifs is 2. The number of aliphatic imine (C=N–C) groups is 1. The van der Waals surface area contributed by atoms with Crippen LogP contribution in [0.25, 0.3) is 0 Å². The fourth-order valence-corrected chi connectivity index (χ4v) is 3.52. The van der Waals surface area contributed by atoms with Crippen molar-refractivity contribution in [3.63, 3.8) is 0 Å². The molecule has 0 aromatic rings. The molecule has 2 aliphatic heterocycles. The summed E-state index contributed by atoms with van der Waals surface area (Å²) in [5, 5.41) is 9.75. The zero-order valence-electron chi connectivity index (χ0n) is 14.4. The number of amides is 1. The molecule has 7 nitrogen and oxygen atoms in total. The molecule has 138 valence electrons. The van der Waals surface area contributed by atoms with Crippen molar-refractivity contribution in [3.8, 4) is 0 Å². The van der Waals surface area contributed by atoms with Gasteiger partial charge in [0.15, 0.2) is 5.96 Å². The predicted molar refractivity (Wildman–Crippen MR) is 103 cm³/mol. The molecule has 1 amide bonds. The van der Waals surface area contributed by atoms with Crippen LogP contribution in [0.2, 0.25) is 0 Å². The zero-order chi connectivity index (χ0) is 16.2. The molecule has 2 saturated heterocycles. The molecule has 2 heterocycles. The van der Waals surface area contributed by atoms with Gasteiger partial charge in [0, 0.05) is 13.6 Å². The quantitative estimate of drug-likeness (QED) is 0.324. The van der Waals surface area contributed by atoms with Crippen LogP contribution in [0, 0.1) is 5.92 Å². The first-order valence-electron chi connectivity index (χ1n) is 8.75. The summed E-state index contributed by atoms with van der Waals surface area (Å²) >= 11 is 0. The first-order valence-corrected chi connectivity index (χ1v) is 8.75. The van der Waals surface area contributed by atoms with E-state index in [1.165, 1.54) is 6.42 Å². The SMILES string of the molecule is CCOC(=O)NC(CNC(=NC)NC1CC2CCC1O2)C1CC1.I. The molecule has 4 atom stereocenters. The van der Waals surface area contributed by atoms with Crippen LogP contribution < -0.4 is 16.0 Å². The highest BCUT2D eigenvalue weighted by Crippen LogP contribution is 2.34. The number of ether oxygens (including phenoxy) is 2. The molecule has 0 aromatic carbocycles. The Morgan fingerprint density at radius 3 is 2.67 bits per heavy atom. The average molecular weight is 452 g/mol. The molecule has 0 aromatic heterocycles. The molecular formula is C16H29IN4O3. The summed E-state index contributed by atoms with van der Waals surface area (Å²) in [6.45, 7) is 2.86. The van der Waals surface area contributed by atoms with E-state index in [2.05, 4.69) is 20.9 Å². The minimum Gasteiger partial charge on any atom is -0.450 e. The van der Waals surface area contributed by atoms with Crippen molar-refractivity contribution in [1.29, 1.82) is 0 Å². The third-order valence-electron chi connectivity index (χ3n) is 4.91. The largest absolute Gasteiger partial charge is 0.450 e. The van der Waals surface area contributed by atoms with Gasteiger partial charge in [0.2, 0.25) is 0 Å². The molecule has 2 bridgehead atoms. The van der Waals surface area contributed by atoms with Gasteiger partial charge in [-0.25, -0.2) is 4.79 Å². The molecule has 3 aliphatic rings. The number of halogens is 1. The van der Waals surface area contributed by atoms with Crippen molar-refractivity contribution in [2.45, 2.75) is 63.3 Å². The number of hydrogen-bond donors (Lipinski definition) is 3. The fraction of sp³-hybridized carbons (Fsp3) is 0.875. The van der Waals surface area contributed by atoms with Gasteiger partial charge in [0.1, 0.15) is 0 Å². The molecular weight excluding hydrogens is 423 g/mol. The monoisotopic (exact) mass is 452 g/mol. The molecule has 3 N–H and O–H groups in total. The summed E-state index contributed by atoms with van der Waals surface area (Å²) in [6, 6.07) is 0.432. The Morgan fingerprint density at radius 1 is 1.33 bits per heavy atom. The van der Waals surface area contributed by atoms with Gasteiger partial charge in [-0.2, -0.15) is 0 Å². The molecule has 4 unspecified atom stereocenters. The number of carbonyl (C=O) groups is 1. The third-order valence-corrected chi connectivity index (χ3v) is 4.91. The van der Waals surface area contributed by atoms with Crippen LogP contribution in [0.4, 0.5) is 4.79 Å². The van der Waals surface area contributed by atoms with Crippen molar-refractivity contribution in [3.05, 3.63) is 0 Å². The summed E-state index contributed by atoms with van der Waals surface area (Å²) < 4.78 is 10.8. The Balaban J connectivity index is 0.00000208. The van der Waals surface area contributed by atoms with E-state index >= 15 is 0 Å². The number of carbonyl (C=O) groups excluding carboxylic acids is 1. The number of hydrogen-bond acceptors (Lipinski definition) is 4. The Bertz CT molecular complexity index is 459. The van der Waals surface area contributed by atoms with Gasteiger partial charge in [0.05, 0.1) is 30.9 Å². The number of nitrogens with one attached hydrogen (secondary N) is 3. The van der Waals surface area contributed by atoms with Crippen LogP contribution in [0.15, 0.2) is 4.99 Å². The lowest BCUT2D eigenvalue weighted by atomic mass is 9.96. The molecule has 8 heteroatoms. The van der Waals surface area contributed by atoms with Gasteiger partial charge in [-0.15, -0.1) is 24.0 Å². The van der Waals surface area contributed by atoms with Crippen molar-refractivity contribution in [1.82, 2.24) is 16.0 Å². The Morgan fingerprint density at radius 2 is 2.12 bits per heavy atom. The zero-order valence-corrected chi connectivity index (χ0v) is 16.7. The van der Waals surface area contributed by atoms with E-state index in [1.54, 1.807) is 7.05 Å². The summed E-state index contributed by atoms with van der Waals surface area (Å²) in [4.78, 5) is 15.9. The molecule has 1 saturated carbocycles. The Kier molecular flexibility index (Phi) is 7.39. The van der Waals surface area contributed by atoms with Gasteiger partial charge in [-0.1, -0.05) is 0 Å². The molecule has 1 aliphatic carbocycles. The van der Waals surface area contributed by atoms with Crippen LogP contribution >= 0.6 is 24.0 Å². The maximum Gasteiger partial charge on any atom is 0.407 e. The maximum atomic E-state index is 11.6. The van der Waals surface area contributed by atoms with Crippen LogP contribution in [-0.2, 0) is 9.47 Å². The van der Waals surface area contributed by atoms with Crippen LogP contribution in [-0.4, -0.2) is 56.5 Å². The van der Waals surface area contributed by atoms with E-state index in [0.29, 0.717) is 37.3 Å². The first-order chi connectivity index (χ1) is 11.2. The highest BCUT2D eigenvalue weighted by molar-refractivity contribution is 14.0. The van der Waals surface area contributed by atoms with Gasteiger partial charge in [-0.05, 0) is 44.9 Å². The lowest BCUT2D eigenvalue weighted by Gasteiger charge is -2.24. The van der Waals surface area contributed by atoms with Gasteiger partial charge < -0.3 is 25.4 Å². The number of nitrogens with zero attached hydrogens (tertiary/aromatic N) is 1. The second-order valence-corrected chi connectivity index (χ2v) is 6.62. The van der Waals surface area contributed by atoms with Crippen molar-refractivity contribution in [2.75, 3.05) is 20.2 Å². The highest BCUT2D eigenvalue weighted by atomic mass is 127. The Labute approximate surface area is 160 Å². The summed E-state index contributed by atoms with van der Waals surface area (Å²) in [5.74, 6) is 1.32. The van der Waals surface area contributed by atoms with Crippen LogP contribution in [0.5, 0.6) is 0 Å². The van der Waals surface area contributed by atoms with Crippen molar-refractivity contribution in [2.24, 2.45) is 10.9 Å². The summed E-state index contributed by atoms with van der Waals surface area (Å²) in [7, 11) is 1.77. The number of alkyl carbamates (subject to hydrolysis) is 1. The third kappa shape index (κ3) is 5.11. The average Bonchev–Trinajstić information content (AvgIpc) is 3.18. The lowest BCUT2D eigenvalue weighted by molar-refractivity contribution is 0.0992. The standard InChI is InChI=1S/C16H28N4O3.HI/c1-3-22-16(21)20-13(10-4-5-10)9-18-15(17-2)19-12-8-11-6-7-14(12)23-11;/h10-14H,3-9H2,1-2H3,(H,20,21)(H2,17,18,19);1H. The maximum absolute atomic E-state index is 11.6. The summed E-state index contributed by atoms with van der Waals surface area (Å²) in [6.07, 6.45) is 6.08. The molecule has 24 heavy (non-hydrogen) atoms. The normalized spacial score (nSPS) is 29.6. The Hall–Kier alpha value is -0.770. The van der Waals surface area contributed by atoms with Crippen molar-refractivity contribution >= 4 is 36.0 Å². The van der Waals surface area contributed by atoms with E-state index in [0.717, 1.165) is 31.6 Å². The second kappa shape index (κ2) is 9.07. The van der Waals surface area contributed by atoms with Crippen LogP contribution in [0.1, 0.15) is 39.0 Å². The lowest BCUT2D eigenvalue weighted by Crippen LogP contribution is -2.51.